The molecule has 8 rings (SSSR count). The molecule has 0 amide bonds. The molecule has 0 spiro atoms. The molecular formula is C32H19N3O2. The summed E-state index contributed by atoms with van der Waals surface area (Å²) in [6.07, 6.45) is 3.56. The maximum absolute atomic E-state index is 6.18. The Bertz CT molecular complexity index is 2120. The molecule has 37 heavy (non-hydrogen) atoms. The van der Waals surface area contributed by atoms with E-state index in [-0.39, 0.29) is 0 Å². The minimum absolute atomic E-state index is 0.638. The third kappa shape index (κ3) is 3.04. The van der Waals surface area contributed by atoms with E-state index in [1.54, 1.807) is 6.20 Å². The van der Waals surface area contributed by atoms with Crippen LogP contribution in [0.3, 0.4) is 0 Å². The molecule has 0 atom stereocenters. The van der Waals surface area contributed by atoms with Gasteiger partial charge in [-0.2, -0.15) is 0 Å². The van der Waals surface area contributed by atoms with Gasteiger partial charge in [-0.3, -0.25) is 4.98 Å². The highest BCUT2D eigenvalue weighted by Crippen LogP contribution is 2.44. The summed E-state index contributed by atoms with van der Waals surface area (Å²) in [4.78, 5) is 11.3. The van der Waals surface area contributed by atoms with Gasteiger partial charge in [-0.05, 0) is 71.4 Å². The number of hydrogen-bond donors (Lipinski definition) is 0. The molecule has 4 aromatic carbocycles. The van der Waals surface area contributed by atoms with Gasteiger partial charge in [0.1, 0.15) is 16.7 Å². The zero-order chi connectivity index (χ0) is 24.3. The molecule has 5 heteroatoms. The topological polar surface area (TPSA) is 55.3 Å². The number of benzene rings is 4. The number of anilines is 3. The Morgan fingerprint density at radius 3 is 2.32 bits per heavy atom. The summed E-state index contributed by atoms with van der Waals surface area (Å²) in [5.74, 6) is 0. The summed E-state index contributed by atoms with van der Waals surface area (Å²) < 4.78 is 12.3. The van der Waals surface area contributed by atoms with Gasteiger partial charge in [0.25, 0.3) is 0 Å². The highest BCUT2D eigenvalue weighted by molar-refractivity contribution is 6.12. The van der Waals surface area contributed by atoms with Crippen LogP contribution in [0.2, 0.25) is 0 Å². The molecule has 0 N–H and O–H groups in total. The van der Waals surface area contributed by atoms with Crippen molar-refractivity contribution in [2.45, 2.75) is 0 Å². The van der Waals surface area contributed by atoms with Crippen molar-refractivity contribution >= 4 is 72.0 Å². The third-order valence-corrected chi connectivity index (χ3v) is 6.96. The zero-order valence-electron chi connectivity index (χ0n) is 19.6. The van der Waals surface area contributed by atoms with Crippen LogP contribution in [-0.4, -0.2) is 9.97 Å². The largest absolute Gasteiger partial charge is 0.454 e. The van der Waals surface area contributed by atoms with Crippen molar-refractivity contribution in [2.75, 3.05) is 4.90 Å². The van der Waals surface area contributed by atoms with E-state index >= 15 is 0 Å². The molecule has 0 saturated carbocycles. The van der Waals surface area contributed by atoms with Crippen LogP contribution in [0.5, 0.6) is 0 Å². The SMILES string of the molecule is c1ccc2cc(N(c3ccc4c(c3)oc3ncccc34)c3cccc4oc5cccnc5c34)ccc2c1. The van der Waals surface area contributed by atoms with E-state index in [2.05, 4.69) is 81.6 Å². The first-order valence-electron chi connectivity index (χ1n) is 12.2. The summed E-state index contributed by atoms with van der Waals surface area (Å²) >= 11 is 0. The van der Waals surface area contributed by atoms with Gasteiger partial charge >= 0.3 is 0 Å². The molecule has 0 radical (unpaired) electrons. The van der Waals surface area contributed by atoms with Crippen molar-refractivity contribution < 1.29 is 8.83 Å². The molecule has 0 aliphatic carbocycles. The van der Waals surface area contributed by atoms with E-state index in [1.165, 1.54) is 10.8 Å². The molecule has 4 heterocycles. The number of pyridine rings is 2. The van der Waals surface area contributed by atoms with E-state index in [1.807, 2.05) is 42.6 Å². The average molecular weight is 478 g/mol. The predicted octanol–water partition coefficient (Wildman–Crippen LogP) is 8.90. The van der Waals surface area contributed by atoms with E-state index in [0.29, 0.717) is 5.71 Å². The van der Waals surface area contributed by atoms with Gasteiger partial charge in [-0.25, -0.2) is 4.98 Å². The van der Waals surface area contributed by atoms with Crippen molar-refractivity contribution in [2.24, 2.45) is 0 Å². The lowest BCUT2D eigenvalue weighted by molar-refractivity contribution is 0.654. The highest BCUT2D eigenvalue weighted by Gasteiger charge is 2.21. The minimum atomic E-state index is 0.638. The van der Waals surface area contributed by atoms with Gasteiger partial charge in [-0.15, -0.1) is 0 Å². The van der Waals surface area contributed by atoms with Crippen LogP contribution >= 0.6 is 0 Å². The Hall–Kier alpha value is -5.16. The molecule has 5 nitrogen and oxygen atoms in total. The molecular weight excluding hydrogens is 458 g/mol. The van der Waals surface area contributed by atoms with Crippen molar-refractivity contribution in [1.82, 2.24) is 9.97 Å². The first kappa shape index (κ1) is 20.1. The van der Waals surface area contributed by atoms with Gasteiger partial charge in [0.05, 0.1) is 11.1 Å². The molecule has 0 aliphatic heterocycles. The van der Waals surface area contributed by atoms with E-state index < -0.39 is 0 Å². The van der Waals surface area contributed by atoms with Gasteiger partial charge in [-0.1, -0.05) is 36.4 Å². The van der Waals surface area contributed by atoms with Crippen LogP contribution in [0.4, 0.5) is 17.1 Å². The fourth-order valence-electron chi connectivity index (χ4n) is 5.29. The number of nitrogens with zero attached hydrogens (tertiary/aromatic N) is 3. The Morgan fingerprint density at radius 1 is 0.541 bits per heavy atom. The van der Waals surface area contributed by atoms with Gasteiger partial charge in [0.15, 0.2) is 5.58 Å². The number of fused-ring (bicyclic) bond motifs is 7. The number of hydrogen-bond acceptors (Lipinski definition) is 5. The number of furan rings is 2. The fourth-order valence-corrected chi connectivity index (χ4v) is 5.29. The van der Waals surface area contributed by atoms with Crippen molar-refractivity contribution in [3.05, 3.63) is 116 Å². The Labute approximate surface area is 211 Å². The van der Waals surface area contributed by atoms with Crippen LogP contribution in [0, 0.1) is 0 Å². The van der Waals surface area contributed by atoms with Crippen LogP contribution in [-0.2, 0) is 0 Å². The molecule has 4 aromatic heterocycles. The second-order valence-electron chi connectivity index (χ2n) is 9.11. The summed E-state index contributed by atoms with van der Waals surface area (Å²) in [7, 11) is 0. The first-order valence-corrected chi connectivity index (χ1v) is 12.2. The van der Waals surface area contributed by atoms with E-state index in [0.717, 1.165) is 55.5 Å². The molecule has 174 valence electrons. The van der Waals surface area contributed by atoms with E-state index in [4.69, 9.17) is 8.83 Å². The van der Waals surface area contributed by atoms with Gasteiger partial charge < -0.3 is 13.7 Å². The minimum Gasteiger partial charge on any atom is -0.454 e. The Balaban J connectivity index is 1.44. The smallest absolute Gasteiger partial charge is 0.227 e. The molecule has 0 bridgehead atoms. The molecule has 8 aromatic rings. The number of aromatic nitrogens is 2. The van der Waals surface area contributed by atoms with Crippen LogP contribution in [0.25, 0.3) is 54.9 Å². The van der Waals surface area contributed by atoms with Gasteiger partial charge in [0.2, 0.25) is 5.71 Å². The summed E-state index contributed by atoms with van der Waals surface area (Å²) in [5.41, 5.74) is 6.82. The average Bonchev–Trinajstić information content (AvgIpc) is 3.51. The third-order valence-electron chi connectivity index (χ3n) is 6.96. The first-order chi connectivity index (χ1) is 18.3. The van der Waals surface area contributed by atoms with Crippen molar-refractivity contribution in [3.63, 3.8) is 0 Å². The van der Waals surface area contributed by atoms with Crippen molar-refractivity contribution in [3.8, 4) is 0 Å². The second kappa shape index (κ2) is 7.67. The lowest BCUT2D eigenvalue weighted by Gasteiger charge is -2.26. The van der Waals surface area contributed by atoms with Crippen LogP contribution in [0.1, 0.15) is 0 Å². The quantitative estimate of drug-likeness (QED) is 0.254. The molecule has 0 unspecified atom stereocenters. The maximum atomic E-state index is 6.18. The second-order valence-corrected chi connectivity index (χ2v) is 9.11. The Kier molecular flexibility index (Phi) is 4.16. The molecule has 0 aliphatic rings. The standard InChI is InChI=1S/C32H19N3O2/c1-2-7-21-18-22(13-12-20(21)6-1)35(23-14-15-24-25-8-4-17-34-32(25)37-29(24)19-23)26-9-3-10-27-30(26)31-28(36-27)11-5-16-33-31/h1-19H. The lowest BCUT2D eigenvalue weighted by atomic mass is 10.1. The summed E-state index contributed by atoms with van der Waals surface area (Å²) in [6.45, 7) is 0. The van der Waals surface area contributed by atoms with Crippen LogP contribution < -0.4 is 4.90 Å². The zero-order valence-corrected chi connectivity index (χ0v) is 19.6. The summed E-state index contributed by atoms with van der Waals surface area (Å²) in [5, 5.41) is 5.38. The Morgan fingerprint density at radius 2 is 1.35 bits per heavy atom. The summed E-state index contributed by atoms with van der Waals surface area (Å²) in [6, 6.07) is 35.2. The van der Waals surface area contributed by atoms with Gasteiger partial charge in [0, 0.05) is 40.6 Å². The fraction of sp³-hybridized carbons (Fsp3) is 0. The normalized spacial score (nSPS) is 11.8. The lowest BCUT2D eigenvalue weighted by Crippen LogP contribution is -2.10. The molecule has 0 fully saturated rings. The highest BCUT2D eigenvalue weighted by atomic mass is 16.3. The monoisotopic (exact) mass is 477 g/mol. The van der Waals surface area contributed by atoms with Crippen LogP contribution in [0.15, 0.2) is 124 Å². The number of rotatable bonds is 3. The maximum Gasteiger partial charge on any atom is 0.227 e. The molecule has 0 saturated heterocycles. The van der Waals surface area contributed by atoms with Crippen molar-refractivity contribution in [1.29, 1.82) is 0 Å². The predicted molar refractivity (Wildman–Crippen MR) is 149 cm³/mol. The van der Waals surface area contributed by atoms with E-state index in [9.17, 15) is 0 Å².